The van der Waals surface area contributed by atoms with E-state index in [1.807, 2.05) is 0 Å². The lowest BCUT2D eigenvalue weighted by molar-refractivity contribution is -0.142. The number of alkyl halides is 1. The Morgan fingerprint density at radius 2 is 2.10 bits per heavy atom. The molecule has 3 amide bonds. The van der Waals surface area contributed by atoms with Crippen molar-refractivity contribution < 1.29 is 18.8 Å². The van der Waals surface area contributed by atoms with E-state index in [1.54, 1.807) is 6.92 Å². The van der Waals surface area contributed by atoms with Crippen molar-refractivity contribution >= 4 is 40.3 Å². The molecule has 21 heavy (non-hydrogen) atoms. The van der Waals surface area contributed by atoms with E-state index in [-0.39, 0.29) is 33.9 Å². The molecule has 1 saturated heterocycles. The number of imide groups is 1. The molecule has 2 heterocycles. The van der Waals surface area contributed by atoms with E-state index in [2.05, 4.69) is 27.9 Å². The quantitative estimate of drug-likeness (QED) is 0.406. The van der Waals surface area contributed by atoms with Crippen LogP contribution >= 0.6 is 22.6 Å². The van der Waals surface area contributed by atoms with Gasteiger partial charge in [-0.15, -0.1) is 0 Å². The van der Waals surface area contributed by atoms with Crippen molar-refractivity contribution in [2.24, 2.45) is 5.92 Å². The van der Waals surface area contributed by atoms with E-state index in [0.717, 1.165) is 5.57 Å². The number of hydrogen-bond donors (Lipinski definition) is 1. The molecule has 0 bridgehead atoms. The SMILES string of the molecule is C[C@H]1C(F)=CC2=C(CN(C3CCC(=O)NC3=O)C2=O)C1I. The third-order valence-electron chi connectivity index (χ3n) is 4.25. The average Bonchev–Trinajstić information content (AvgIpc) is 2.74. The van der Waals surface area contributed by atoms with Gasteiger partial charge in [0, 0.05) is 28.4 Å². The molecule has 2 aliphatic heterocycles. The normalized spacial score (nSPS) is 33.1. The van der Waals surface area contributed by atoms with E-state index in [9.17, 15) is 18.8 Å². The lowest BCUT2D eigenvalue weighted by Crippen LogP contribution is -2.53. The molecule has 1 fully saturated rings. The maximum atomic E-state index is 13.9. The highest BCUT2D eigenvalue weighted by molar-refractivity contribution is 14.1. The number of nitrogens with zero attached hydrogens (tertiary/aromatic N) is 1. The third-order valence-corrected chi connectivity index (χ3v) is 6.08. The highest BCUT2D eigenvalue weighted by Crippen LogP contribution is 2.40. The largest absolute Gasteiger partial charge is 0.323 e. The average molecular weight is 404 g/mol. The van der Waals surface area contributed by atoms with Crippen molar-refractivity contribution in [3.63, 3.8) is 0 Å². The van der Waals surface area contributed by atoms with Crippen LogP contribution in [0.1, 0.15) is 19.8 Å². The molecule has 3 atom stereocenters. The third kappa shape index (κ3) is 2.31. The molecule has 0 radical (unpaired) electrons. The summed E-state index contributed by atoms with van der Waals surface area (Å²) in [6, 6.07) is -0.642. The van der Waals surface area contributed by atoms with Crippen molar-refractivity contribution in [3.8, 4) is 0 Å². The topological polar surface area (TPSA) is 66.5 Å². The molecule has 112 valence electrons. The van der Waals surface area contributed by atoms with Crippen molar-refractivity contribution in [1.82, 2.24) is 10.2 Å². The van der Waals surface area contributed by atoms with Gasteiger partial charge in [-0.3, -0.25) is 19.7 Å². The van der Waals surface area contributed by atoms with Crippen LogP contribution in [0.2, 0.25) is 0 Å². The number of hydrogen-bond acceptors (Lipinski definition) is 3. The Hall–Kier alpha value is -1.25. The number of amides is 3. The molecule has 0 aromatic carbocycles. The molecule has 7 heteroatoms. The molecule has 2 unspecified atom stereocenters. The van der Waals surface area contributed by atoms with Crippen LogP contribution in [0, 0.1) is 5.92 Å². The standard InChI is InChI=1S/C14H14FIN2O3/c1-6-9(15)4-7-8(12(6)16)5-18(14(7)21)10-2-3-11(19)17-13(10)20/h4,6,10,12H,2-3,5H2,1H3,(H,17,19,20)/t6-,10?,12?/m0/s1. The van der Waals surface area contributed by atoms with Crippen molar-refractivity contribution in [3.05, 3.63) is 23.0 Å². The molecule has 3 aliphatic rings. The molecule has 1 aliphatic carbocycles. The Morgan fingerprint density at radius 3 is 2.76 bits per heavy atom. The lowest BCUT2D eigenvalue weighted by Gasteiger charge is -2.30. The molecular weight excluding hydrogens is 390 g/mol. The zero-order chi connectivity index (χ0) is 15.3. The van der Waals surface area contributed by atoms with Crippen LogP contribution < -0.4 is 5.32 Å². The van der Waals surface area contributed by atoms with Gasteiger partial charge in [0.2, 0.25) is 11.8 Å². The van der Waals surface area contributed by atoms with Gasteiger partial charge < -0.3 is 4.90 Å². The van der Waals surface area contributed by atoms with E-state index < -0.39 is 11.9 Å². The fourth-order valence-corrected chi connectivity index (χ4v) is 3.84. The first-order chi connectivity index (χ1) is 9.90. The Labute approximate surface area is 134 Å². The van der Waals surface area contributed by atoms with E-state index in [4.69, 9.17) is 0 Å². The van der Waals surface area contributed by atoms with Gasteiger partial charge in [0.1, 0.15) is 11.9 Å². The summed E-state index contributed by atoms with van der Waals surface area (Å²) < 4.78 is 13.8. The van der Waals surface area contributed by atoms with Gasteiger partial charge in [-0.2, -0.15) is 0 Å². The summed E-state index contributed by atoms with van der Waals surface area (Å²) in [6.07, 6.45) is 1.84. The Morgan fingerprint density at radius 1 is 1.38 bits per heavy atom. The van der Waals surface area contributed by atoms with Crippen LogP contribution in [-0.4, -0.2) is 39.1 Å². The number of piperidine rings is 1. The molecule has 0 aromatic rings. The van der Waals surface area contributed by atoms with E-state index in [0.29, 0.717) is 18.5 Å². The highest BCUT2D eigenvalue weighted by atomic mass is 127. The molecular formula is C14H14FIN2O3. The van der Waals surface area contributed by atoms with Gasteiger partial charge in [-0.1, -0.05) is 29.5 Å². The summed E-state index contributed by atoms with van der Waals surface area (Å²) in [7, 11) is 0. The van der Waals surface area contributed by atoms with Crippen molar-refractivity contribution in [1.29, 1.82) is 0 Å². The first-order valence-corrected chi connectivity index (χ1v) is 8.03. The first-order valence-electron chi connectivity index (χ1n) is 6.79. The fourth-order valence-electron chi connectivity index (χ4n) is 2.96. The second-order valence-electron chi connectivity index (χ2n) is 5.56. The summed E-state index contributed by atoms with van der Waals surface area (Å²) in [5, 5.41) is 2.26. The minimum Gasteiger partial charge on any atom is -0.323 e. The first kappa shape index (κ1) is 14.7. The van der Waals surface area contributed by atoms with Gasteiger partial charge in [0.05, 0.1) is 0 Å². The lowest BCUT2D eigenvalue weighted by atomic mass is 9.91. The number of allylic oxidation sites excluding steroid dienone is 1. The predicted molar refractivity (Wildman–Crippen MR) is 81.1 cm³/mol. The van der Waals surface area contributed by atoms with E-state index >= 15 is 0 Å². The summed E-state index contributed by atoms with van der Waals surface area (Å²) in [5.74, 6) is -1.64. The Bertz CT molecular complexity index is 613. The number of nitrogens with one attached hydrogen (secondary N) is 1. The van der Waals surface area contributed by atoms with Crippen LogP contribution in [0.3, 0.4) is 0 Å². The minimum atomic E-state index is -0.642. The van der Waals surface area contributed by atoms with Gasteiger partial charge in [0.15, 0.2) is 0 Å². The van der Waals surface area contributed by atoms with Crippen LogP contribution in [0.25, 0.3) is 0 Å². The molecule has 0 saturated carbocycles. The Kier molecular flexibility index (Phi) is 3.62. The number of halogens is 2. The predicted octanol–water partition coefficient (Wildman–Crippen LogP) is 1.24. The highest BCUT2D eigenvalue weighted by Gasteiger charge is 2.44. The number of carbonyl (C=O) groups is 3. The second-order valence-corrected chi connectivity index (χ2v) is 6.90. The maximum Gasteiger partial charge on any atom is 0.254 e. The maximum absolute atomic E-state index is 13.9. The summed E-state index contributed by atoms with van der Waals surface area (Å²) in [6.45, 7) is 2.12. The summed E-state index contributed by atoms with van der Waals surface area (Å²) in [5.41, 5.74) is 1.24. The monoisotopic (exact) mass is 404 g/mol. The van der Waals surface area contributed by atoms with Gasteiger partial charge >= 0.3 is 0 Å². The molecule has 0 aromatic heterocycles. The van der Waals surface area contributed by atoms with Gasteiger partial charge in [0.25, 0.3) is 5.91 Å². The van der Waals surface area contributed by atoms with Crippen molar-refractivity contribution in [2.45, 2.75) is 29.7 Å². The van der Waals surface area contributed by atoms with E-state index in [1.165, 1.54) is 11.0 Å². The van der Waals surface area contributed by atoms with Gasteiger partial charge in [-0.25, -0.2) is 4.39 Å². The number of carbonyl (C=O) groups excluding carboxylic acids is 3. The van der Waals surface area contributed by atoms with Crippen LogP contribution in [-0.2, 0) is 14.4 Å². The molecule has 0 spiro atoms. The fraction of sp³-hybridized carbons (Fsp3) is 0.500. The van der Waals surface area contributed by atoms with Crippen LogP contribution in [0.5, 0.6) is 0 Å². The summed E-state index contributed by atoms with van der Waals surface area (Å²) in [4.78, 5) is 37.0. The van der Waals surface area contributed by atoms with Gasteiger partial charge in [-0.05, 0) is 18.1 Å². The van der Waals surface area contributed by atoms with Crippen molar-refractivity contribution in [2.75, 3.05) is 6.54 Å². The second kappa shape index (κ2) is 5.19. The molecule has 1 N–H and O–H groups in total. The van der Waals surface area contributed by atoms with Crippen LogP contribution in [0.15, 0.2) is 23.0 Å². The number of rotatable bonds is 1. The zero-order valence-electron chi connectivity index (χ0n) is 11.4. The van der Waals surface area contributed by atoms with Crippen LogP contribution in [0.4, 0.5) is 4.39 Å². The Balaban J connectivity index is 1.86. The minimum absolute atomic E-state index is 0.0927. The zero-order valence-corrected chi connectivity index (χ0v) is 13.5. The smallest absolute Gasteiger partial charge is 0.254 e. The summed E-state index contributed by atoms with van der Waals surface area (Å²) >= 11 is 2.14. The molecule has 3 rings (SSSR count). The molecule has 5 nitrogen and oxygen atoms in total.